The number of nitrogens with zero attached hydrogens (tertiary/aromatic N) is 1. The van der Waals surface area contributed by atoms with E-state index in [4.69, 9.17) is 11.6 Å². The van der Waals surface area contributed by atoms with Crippen molar-refractivity contribution >= 4 is 45.1 Å². The van der Waals surface area contributed by atoms with E-state index >= 15 is 0 Å². The van der Waals surface area contributed by atoms with Crippen LogP contribution in [-0.4, -0.2) is 10.5 Å². The van der Waals surface area contributed by atoms with Gasteiger partial charge in [-0.2, -0.15) is 13.2 Å². The van der Waals surface area contributed by atoms with Gasteiger partial charge in [0.05, 0.1) is 15.8 Å². The lowest BCUT2D eigenvalue weighted by Gasteiger charge is -2.09. The van der Waals surface area contributed by atoms with E-state index in [-0.39, 0.29) is 0 Å². The Kier molecular flexibility index (Phi) is 5.56. The maximum Gasteiger partial charge on any atom is 0.416 e. The number of aromatic nitrogens is 1. The van der Waals surface area contributed by atoms with Crippen LogP contribution in [0.5, 0.6) is 0 Å². The number of allylic oxidation sites excluding steroid dienone is 1. The first-order chi connectivity index (χ1) is 14.7. The van der Waals surface area contributed by atoms with Gasteiger partial charge in [0, 0.05) is 11.1 Å². The molecule has 0 unspecified atom stereocenters. The van der Waals surface area contributed by atoms with Crippen LogP contribution in [0.3, 0.4) is 0 Å². The second-order valence-electron chi connectivity index (χ2n) is 6.69. The van der Waals surface area contributed by atoms with Crippen molar-refractivity contribution in [1.82, 2.24) is 4.57 Å². The number of fused-ring (bicyclic) bond motifs is 1. The Hall–Kier alpha value is -3.16. The zero-order chi connectivity index (χ0) is 22.2. The predicted octanol–water partition coefficient (Wildman–Crippen LogP) is 6.76. The fourth-order valence-corrected chi connectivity index (χ4v) is 4.29. The van der Waals surface area contributed by atoms with Gasteiger partial charge in [0.15, 0.2) is 0 Å². The molecule has 8 heteroatoms. The molecular formula is C23H13ClF3NO2S. The molecule has 0 atom stereocenters. The number of halogens is 4. The van der Waals surface area contributed by atoms with Crippen LogP contribution in [-0.2, 0) is 6.18 Å². The highest BCUT2D eigenvalue weighted by Crippen LogP contribution is 2.32. The highest BCUT2D eigenvalue weighted by atomic mass is 35.5. The van der Waals surface area contributed by atoms with E-state index in [2.05, 4.69) is 0 Å². The molecule has 0 N–H and O–H groups in total. The second kappa shape index (κ2) is 8.17. The number of benzene rings is 3. The van der Waals surface area contributed by atoms with Gasteiger partial charge in [-0.25, -0.2) is 4.57 Å². The van der Waals surface area contributed by atoms with E-state index in [1.165, 1.54) is 18.2 Å². The van der Waals surface area contributed by atoms with E-state index in [1.54, 1.807) is 48.5 Å². The monoisotopic (exact) mass is 459 g/mol. The van der Waals surface area contributed by atoms with Gasteiger partial charge in [0.1, 0.15) is 0 Å². The molecule has 0 saturated carbocycles. The molecule has 1 aromatic heterocycles. The van der Waals surface area contributed by atoms with Crippen LogP contribution >= 0.6 is 22.9 Å². The van der Waals surface area contributed by atoms with Gasteiger partial charge in [0.2, 0.25) is 0 Å². The molecular weight excluding hydrogens is 447 g/mol. The Bertz CT molecular complexity index is 1390. The number of hydrogen-bond donors (Lipinski definition) is 0. The fraction of sp³-hybridized carbons (Fsp3) is 0.0435. The Morgan fingerprint density at radius 3 is 2.42 bits per heavy atom. The van der Waals surface area contributed by atoms with Crippen LogP contribution in [0.15, 0.2) is 77.6 Å². The summed E-state index contributed by atoms with van der Waals surface area (Å²) in [5.74, 6) is -0.525. The smallest absolute Gasteiger partial charge is 0.269 e. The quantitative estimate of drug-likeness (QED) is 0.318. The van der Waals surface area contributed by atoms with E-state index < -0.39 is 22.5 Å². The third-order valence-electron chi connectivity index (χ3n) is 4.59. The summed E-state index contributed by atoms with van der Waals surface area (Å²) in [7, 11) is 0. The summed E-state index contributed by atoms with van der Waals surface area (Å²) in [5, 5.41) is 0.468. The maximum atomic E-state index is 13.0. The summed E-state index contributed by atoms with van der Waals surface area (Å²) in [6, 6.07) is 16.6. The molecule has 0 aliphatic carbocycles. The van der Waals surface area contributed by atoms with Crippen LogP contribution in [0.2, 0.25) is 5.02 Å². The molecule has 0 aliphatic rings. The summed E-state index contributed by atoms with van der Waals surface area (Å²) in [6.07, 6.45) is -1.65. The number of rotatable bonds is 3. The van der Waals surface area contributed by atoms with E-state index in [0.717, 1.165) is 28.0 Å². The minimum Gasteiger partial charge on any atom is -0.269 e. The molecule has 0 spiro atoms. The average Bonchev–Trinajstić information content (AvgIpc) is 3.06. The van der Waals surface area contributed by atoms with Crippen LogP contribution in [0.25, 0.3) is 27.4 Å². The van der Waals surface area contributed by atoms with Crippen molar-refractivity contribution in [2.45, 2.75) is 6.18 Å². The summed E-state index contributed by atoms with van der Waals surface area (Å²) in [6.45, 7) is 0. The second-order valence-corrected chi connectivity index (χ2v) is 8.12. The van der Waals surface area contributed by atoms with Gasteiger partial charge < -0.3 is 0 Å². The van der Waals surface area contributed by atoms with Crippen molar-refractivity contribution in [2.75, 3.05) is 0 Å². The first-order valence-corrected chi connectivity index (χ1v) is 10.2. The van der Waals surface area contributed by atoms with Gasteiger partial charge in [0.25, 0.3) is 5.91 Å². The van der Waals surface area contributed by atoms with Crippen molar-refractivity contribution in [2.24, 2.45) is 0 Å². The third-order valence-corrected chi connectivity index (χ3v) is 5.73. The number of thiazole rings is 1. The topological polar surface area (TPSA) is 39.1 Å². The van der Waals surface area contributed by atoms with E-state index in [1.807, 2.05) is 0 Å². The lowest BCUT2D eigenvalue weighted by molar-refractivity contribution is -0.137. The predicted molar refractivity (Wildman–Crippen MR) is 118 cm³/mol. The van der Waals surface area contributed by atoms with Crippen molar-refractivity contribution in [1.29, 1.82) is 0 Å². The zero-order valence-electron chi connectivity index (χ0n) is 15.7. The SMILES string of the molecule is O=C(/C=C/c1cccc(-c2cccc(C(F)(F)F)c2)c1)n1c(=O)sc2cc(Cl)ccc21. The zero-order valence-corrected chi connectivity index (χ0v) is 17.3. The normalized spacial score (nSPS) is 12.0. The molecule has 3 nitrogen and oxygen atoms in total. The van der Waals surface area contributed by atoms with Crippen molar-refractivity contribution in [3.05, 3.63) is 98.6 Å². The third kappa shape index (κ3) is 4.47. The van der Waals surface area contributed by atoms with E-state index in [0.29, 0.717) is 31.9 Å². The molecule has 0 fully saturated rings. The number of alkyl halides is 3. The lowest BCUT2D eigenvalue weighted by Crippen LogP contribution is -2.19. The molecule has 3 aromatic carbocycles. The van der Waals surface area contributed by atoms with Crippen LogP contribution < -0.4 is 4.87 Å². The Balaban J connectivity index is 1.64. The molecule has 0 amide bonds. The lowest BCUT2D eigenvalue weighted by atomic mass is 10.0. The first-order valence-electron chi connectivity index (χ1n) is 9.03. The number of carbonyl (C=O) groups is 1. The maximum absolute atomic E-state index is 13.0. The summed E-state index contributed by atoms with van der Waals surface area (Å²) in [5.41, 5.74) is 1.33. The standard InChI is InChI=1S/C23H13ClF3NO2S/c24-18-8-9-19-20(13-18)31-22(30)28(19)21(29)10-7-14-3-1-4-15(11-14)16-5-2-6-17(12-16)23(25,26)27/h1-13H/b10-7+. The minimum atomic E-state index is -4.43. The van der Waals surface area contributed by atoms with Crippen molar-refractivity contribution in [3.63, 3.8) is 0 Å². The van der Waals surface area contributed by atoms with Gasteiger partial charge >= 0.3 is 11.0 Å². The number of hydrogen-bond acceptors (Lipinski definition) is 3. The highest BCUT2D eigenvalue weighted by Gasteiger charge is 2.30. The van der Waals surface area contributed by atoms with Gasteiger partial charge in [-0.3, -0.25) is 9.59 Å². The molecule has 0 radical (unpaired) electrons. The molecule has 0 saturated heterocycles. The van der Waals surface area contributed by atoms with Gasteiger partial charge in [-0.15, -0.1) is 0 Å². The minimum absolute atomic E-state index is 0.410. The van der Waals surface area contributed by atoms with Crippen LogP contribution in [0.1, 0.15) is 15.9 Å². The average molecular weight is 460 g/mol. The largest absolute Gasteiger partial charge is 0.416 e. The Morgan fingerprint density at radius 1 is 0.968 bits per heavy atom. The van der Waals surface area contributed by atoms with Gasteiger partial charge in [-0.1, -0.05) is 53.3 Å². The molecule has 0 bridgehead atoms. The molecule has 1 heterocycles. The van der Waals surface area contributed by atoms with Gasteiger partial charge in [-0.05, 0) is 59.2 Å². The molecule has 4 aromatic rings. The van der Waals surface area contributed by atoms with Crippen molar-refractivity contribution < 1.29 is 18.0 Å². The van der Waals surface area contributed by atoms with E-state index in [9.17, 15) is 22.8 Å². The fourth-order valence-electron chi connectivity index (χ4n) is 3.14. The molecule has 4 rings (SSSR count). The summed E-state index contributed by atoms with van der Waals surface area (Å²) < 4.78 is 40.6. The summed E-state index contributed by atoms with van der Waals surface area (Å²) in [4.78, 5) is 24.5. The van der Waals surface area contributed by atoms with Crippen LogP contribution in [0, 0.1) is 0 Å². The summed E-state index contributed by atoms with van der Waals surface area (Å²) >= 11 is 6.86. The molecule has 31 heavy (non-hydrogen) atoms. The Morgan fingerprint density at radius 2 is 1.68 bits per heavy atom. The molecule has 0 aliphatic heterocycles. The number of carbonyl (C=O) groups excluding carboxylic acids is 1. The highest BCUT2D eigenvalue weighted by molar-refractivity contribution is 7.16. The van der Waals surface area contributed by atoms with Crippen LogP contribution in [0.4, 0.5) is 13.2 Å². The Labute approximate surface area is 183 Å². The molecule has 156 valence electrons. The first kappa shape index (κ1) is 21.1. The van der Waals surface area contributed by atoms with Crippen molar-refractivity contribution in [3.8, 4) is 11.1 Å².